The van der Waals surface area contributed by atoms with E-state index in [4.69, 9.17) is 0 Å². The van der Waals surface area contributed by atoms with Gasteiger partial charge in [-0.2, -0.15) is 8.78 Å². The van der Waals surface area contributed by atoms with E-state index in [0.29, 0.717) is 11.2 Å². The van der Waals surface area contributed by atoms with Crippen LogP contribution in [-0.4, -0.2) is 37.7 Å². The molecule has 0 amide bonds. The molecule has 0 aromatic heterocycles. The van der Waals surface area contributed by atoms with E-state index in [9.17, 15) is 8.78 Å². The molecule has 2 heterocycles. The third-order valence-corrected chi connectivity index (χ3v) is 4.98. The topological polar surface area (TPSA) is 24.5 Å². The number of nitrogens with one attached hydrogen (secondary N) is 1. The van der Waals surface area contributed by atoms with Crippen LogP contribution < -0.4 is 10.1 Å². The van der Waals surface area contributed by atoms with Gasteiger partial charge < -0.3 is 10.1 Å². The van der Waals surface area contributed by atoms with Crippen LogP contribution in [0.5, 0.6) is 5.75 Å². The minimum atomic E-state index is -2.77. The van der Waals surface area contributed by atoms with Crippen molar-refractivity contribution in [2.45, 2.75) is 39.8 Å². The molecule has 2 aliphatic rings. The Hall–Kier alpha value is -1.20. The first-order valence-electron chi connectivity index (χ1n) is 7.95. The van der Waals surface area contributed by atoms with Gasteiger partial charge in [-0.3, -0.25) is 4.90 Å². The summed E-state index contributed by atoms with van der Waals surface area (Å²) in [6.07, 6.45) is 2.52. The summed E-state index contributed by atoms with van der Waals surface area (Å²) in [5, 5.41) is 3.47. The highest BCUT2D eigenvalue weighted by Gasteiger charge is 2.40. The number of aryl methyl sites for hydroxylation is 2. The van der Waals surface area contributed by atoms with Crippen molar-refractivity contribution in [3.05, 3.63) is 28.8 Å². The van der Waals surface area contributed by atoms with Crippen molar-refractivity contribution in [2.75, 3.05) is 26.2 Å². The minimum Gasteiger partial charge on any atom is -0.434 e. The first kappa shape index (κ1) is 15.7. The van der Waals surface area contributed by atoms with Crippen molar-refractivity contribution in [1.82, 2.24) is 10.2 Å². The van der Waals surface area contributed by atoms with Crippen LogP contribution in [0.3, 0.4) is 0 Å². The number of rotatable bonds is 4. The van der Waals surface area contributed by atoms with Crippen LogP contribution >= 0.6 is 0 Å². The van der Waals surface area contributed by atoms with E-state index in [1.807, 2.05) is 26.0 Å². The molecule has 2 saturated heterocycles. The highest BCUT2D eigenvalue weighted by molar-refractivity contribution is 5.43. The van der Waals surface area contributed by atoms with Gasteiger partial charge in [0.2, 0.25) is 0 Å². The fourth-order valence-electron chi connectivity index (χ4n) is 3.97. The molecule has 1 aromatic rings. The van der Waals surface area contributed by atoms with Crippen molar-refractivity contribution < 1.29 is 13.5 Å². The average Bonchev–Trinajstić information content (AvgIpc) is 3.05. The van der Waals surface area contributed by atoms with Gasteiger partial charge in [0, 0.05) is 19.6 Å². The molecule has 3 rings (SSSR count). The fraction of sp³-hybridized carbons (Fsp3) is 0.647. The van der Waals surface area contributed by atoms with Crippen molar-refractivity contribution in [3.63, 3.8) is 0 Å². The Balaban J connectivity index is 1.68. The van der Waals surface area contributed by atoms with E-state index in [0.717, 1.165) is 43.9 Å². The quantitative estimate of drug-likeness (QED) is 0.925. The maximum Gasteiger partial charge on any atom is 0.387 e. The predicted molar refractivity (Wildman–Crippen MR) is 82.4 cm³/mol. The maximum atomic E-state index is 12.4. The lowest BCUT2D eigenvalue weighted by Gasteiger charge is -2.23. The summed E-state index contributed by atoms with van der Waals surface area (Å²) in [5.74, 6) is 0.316. The first-order valence-corrected chi connectivity index (χ1v) is 7.95. The molecule has 0 radical (unpaired) electrons. The number of likely N-dealkylation sites (tertiary alicyclic amines) is 1. The van der Waals surface area contributed by atoms with Gasteiger partial charge in [0.05, 0.1) is 0 Å². The Morgan fingerprint density at radius 3 is 2.59 bits per heavy atom. The number of hydrogen-bond acceptors (Lipinski definition) is 3. The molecule has 0 bridgehead atoms. The second-order valence-corrected chi connectivity index (χ2v) is 6.82. The van der Waals surface area contributed by atoms with Gasteiger partial charge in [-0.25, -0.2) is 0 Å². The fourth-order valence-corrected chi connectivity index (χ4v) is 3.97. The zero-order valence-electron chi connectivity index (χ0n) is 13.3. The Labute approximate surface area is 130 Å². The monoisotopic (exact) mass is 310 g/mol. The molecule has 0 aliphatic carbocycles. The Morgan fingerprint density at radius 1 is 1.27 bits per heavy atom. The zero-order valence-corrected chi connectivity index (χ0v) is 13.3. The Bertz CT molecular complexity index is 518. The van der Waals surface area contributed by atoms with E-state index in [1.165, 1.54) is 18.4 Å². The molecule has 3 nitrogen and oxygen atoms in total. The van der Waals surface area contributed by atoms with Gasteiger partial charge in [-0.1, -0.05) is 12.1 Å². The van der Waals surface area contributed by atoms with Crippen LogP contribution in [0.4, 0.5) is 8.78 Å². The lowest BCUT2D eigenvalue weighted by molar-refractivity contribution is -0.0507. The maximum absolute atomic E-state index is 12.4. The Kier molecular flexibility index (Phi) is 4.37. The van der Waals surface area contributed by atoms with Crippen molar-refractivity contribution in [1.29, 1.82) is 0 Å². The summed E-state index contributed by atoms with van der Waals surface area (Å²) in [6, 6.07) is 3.95. The zero-order chi connectivity index (χ0) is 15.7. The van der Waals surface area contributed by atoms with Crippen LogP contribution in [0.1, 0.15) is 29.5 Å². The lowest BCUT2D eigenvalue weighted by Crippen LogP contribution is -2.29. The Morgan fingerprint density at radius 2 is 2.00 bits per heavy atom. The summed E-state index contributed by atoms with van der Waals surface area (Å²) in [4.78, 5) is 2.48. The number of hydrogen-bond donors (Lipinski definition) is 1. The SMILES string of the molecule is Cc1cc(CN2CCC3(CCNC3)C2)cc(C)c1OC(F)F. The highest BCUT2D eigenvalue weighted by atomic mass is 19.3. The number of benzene rings is 1. The van der Waals surface area contributed by atoms with E-state index in [1.54, 1.807) is 0 Å². The molecule has 22 heavy (non-hydrogen) atoms. The summed E-state index contributed by atoms with van der Waals surface area (Å²) >= 11 is 0. The number of alkyl halides is 2. The van der Waals surface area contributed by atoms with E-state index in [2.05, 4.69) is 15.0 Å². The van der Waals surface area contributed by atoms with Crippen molar-refractivity contribution in [2.24, 2.45) is 5.41 Å². The second-order valence-electron chi connectivity index (χ2n) is 6.82. The van der Waals surface area contributed by atoms with Gasteiger partial charge in [0.25, 0.3) is 0 Å². The molecule has 1 N–H and O–H groups in total. The molecule has 1 aromatic carbocycles. The van der Waals surface area contributed by atoms with Crippen LogP contribution in [0.2, 0.25) is 0 Å². The van der Waals surface area contributed by atoms with Crippen LogP contribution in [0, 0.1) is 19.3 Å². The highest BCUT2D eigenvalue weighted by Crippen LogP contribution is 2.37. The molecule has 1 atom stereocenters. The van der Waals surface area contributed by atoms with E-state index < -0.39 is 6.61 Å². The number of nitrogens with zero attached hydrogens (tertiary/aromatic N) is 1. The molecular formula is C17H24F2N2O. The van der Waals surface area contributed by atoms with Gasteiger partial charge in [0.1, 0.15) is 5.75 Å². The van der Waals surface area contributed by atoms with E-state index in [-0.39, 0.29) is 0 Å². The molecule has 5 heteroatoms. The lowest BCUT2D eigenvalue weighted by atomic mass is 9.86. The molecule has 0 saturated carbocycles. The van der Waals surface area contributed by atoms with Crippen LogP contribution in [0.25, 0.3) is 0 Å². The summed E-state index contributed by atoms with van der Waals surface area (Å²) in [7, 11) is 0. The minimum absolute atomic E-state index is 0.316. The number of halogens is 2. The molecule has 2 aliphatic heterocycles. The van der Waals surface area contributed by atoms with Gasteiger partial charge in [0.15, 0.2) is 0 Å². The number of ether oxygens (including phenoxy) is 1. The third kappa shape index (κ3) is 3.25. The summed E-state index contributed by atoms with van der Waals surface area (Å²) < 4.78 is 29.5. The van der Waals surface area contributed by atoms with Crippen molar-refractivity contribution in [3.8, 4) is 5.75 Å². The summed E-state index contributed by atoms with van der Waals surface area (Å²) in [6.45, 7) is 6.30. The predicted octanol–water partition coefficient (Wildman–Crippen LogP) is 3.09. The average molecular weight is 310 g/mol. The standard InChI is InChI=1S/C17H24F2N2O/c1-12-7-14(8-13(2)15(12)22-16(18)19)9-21-6-4-17(11-21)3-5-20-10-17/h7-8,16,20H,3-6,9-11H2,1-2H3. The van der Waals surface area contributed by atoms with Crippen molar-refractivity contribution >= 4 is 0 Å². The molecule has 2 fully saturated rings. The molecular weight excluding hydrogens is 286 g/mol. The molecule has 1 unspecified atom stereocenters. The second kappa shape index (κ2) is 6.13. The first-order chi connectivity index (χ1) is 10.5. The molecule has 1 spiro atoms. The normalized spacial score (nSPS) is 25.5. The van der Waals surface area contributed by atoms with Crippen LogP contribution in [-0.2, 0) is 6.54 Å². The largest absolute Gasteiger partial charge is 0.434 e. The van der Waals surface area contributed by atoms with Crippen LogP contribution in [0.15, 0.2) is 12.1 Å². The summed E-state index contributed by atoms with van der Waals surface area (Å²) in [5.41, 5.74) is 3.21. The van der Waals surface area contributed by atoms with Gasteiger partial charge >= 0.3 is 6.61 Å². The smallest absolute Gasteiger partial charge is 0.387 e. The van der Waals surface area contributed by atoms with E-state index >= 15 is 0 Å². The molecule has 122 valence electrons. The third-order valence-electron chi connectivity index (χ3n) is 4.98. The van der Waals surface area contributed by atoms with Gasteiger partial charge in [-0.05, 0) is 61.9 Å². The van der Waals surface area contributed by atoms with Gasteiger partial charge in [-0.15, -0.1) is 0 Å².